The lowest BCUT2D eigenvalue weighted by molar-refractivity contribution is 0.0715. The third-order valence-electron chi connectivity index (χ3n) is 3.94. The zero-order valence-electron chi connectivity index (χ0n) is 12.8. The summed E-state index contributed by atoms with van der Waals surface area (Å²) < 4.78 is 0. The van der Waals surface area contributed by atoms with Crippen molar-refractivity contribution in [1.82, 2.24) is 15.3 Å². The number of nitrogens with zero attached hydrogens (tertiary/aromatic N) is 1. The Morgan fingerprint density at radius 2 is 2.05 bits per heavy atom. The SMILES string of the molecule is Cc1nc(C(C)C)[nH]c(=O)c1C(=O)NC1CCCCC1O. The van der Waals surface area contributed by atoms with E-state index < -0.39 is 17.6 Å². The molecule has 1 saturated carbocycles. The van der Waals surface area contributed by atoms with Crippen LogP contribution < -0.4 is 10.9 Å². The number of carbonyl (C=O) groups excluding carboxylic acids is 1. The molecule has 2 atom stereocenters. The third-order valence-corrected chi connectivity index (χ3v) is 3.94. The summed E-state index contributed by atoms with van der Waals surface area (Å²) in [6.07, 6.45) is 2.83. The van der Waals surface area contributed by atoms with Crippen LogP contribution in [0.2, 0.25) is 0 Å². The molecule has 1 fully saturated rings. The summed E-state index contributed by atoms with van der Waals surface area (Å²) in [5.41, 5.74) is 0.0384. The average molecular weight is 293 g/mol. The summed E-state index contributed by atoms with van der Waals surface area (Å²) in [7, 11) is 0. The van der Waals surface area contributed by atoms with Gasteiger partial charge in [-0.1, -0.05) is 26.7 Å². The van der Waals surface area contributed by atoms with Crippen molar-refractivity contribution in [3.63, 3.8) is 0 Å². The second kappa shape index (κ2) is 6.39. The number of aromatic amines is 1. The zero-order valence-corrected chi connectivity index (χ0v) is 12.8. The number of hydrogen-bond donors (Lipinski definition) is 3. The van der Waals surface area contributed by atoms with Crippen molar-refractivity contribution in [2.75, 3.05) is 0 Å². The van der Waals surface area contributed by atoms with E-state index in [-0.39, 0.29) is 17.5 Å². The molecule has 0 aromatic carbocycles. The van der Waals surface area contributed by atoms with Crippen LogP contribution in [0.25, 0.3) is 0 Å². The lowest BCUT2D eigenvalue weighted by Crippen LogP contribution is -2.46. The summed E-state index contributed by atoms with van der Waals surface area (Å²) in [4.78, 5) is 31.4. The van der Waals surface area contributed by atoms with Gasteiger partial charge < -0.3 is 15.4 Å². The molecular weight excluding hydrogens is 270 g/mol. The normalized spacial score (nSPS) is 22.3. The van der Waals surface area contributed by atoms with Gasteiger partial charge in [-0.25, -0.2) is 4.98 Å². The highest BCUT2D eigenvalue weighted by Gasteiger charge is 2.26. The highest BCUT2D eigenvalue weighted by atomic mass is 16.3. The van der Waals surface area contributed by atoms with Crippen LogP contribution in [0.5, 0.6) is 0 Å². The minimum absolute atomic E-state index is 0.0390. The van der Waals surface area contributed by atoms with Crippen LogP contribution in [-0.2, 0) is 0 Å². The van der Waals surface area contributed by atoms with Crippen molar-refractivity contribution < 1.29 is 9.90 Å². The minimum atomic E-state index is -0.537. The van der Waals surface area contributed by atoms with Gasteiger partial charge in [0.15, 0.2) is 0 Å². The van der Waals surface area contributed by atoms with Crippen molar-refractivity contribution in [2.24, 2.45) is 0 Å². The maximum atomic E-state index is 12.3. The van der Waals surface area contributed by atoms with Crippen LogP contribution >= 0.6 is 0 Å². The van der Waals surface area contributed by atoms with E-state index in [1.165, 1.54) is 0 Å². The first-order chi connectivity index (χ1) is 9.90. The third kappa shape index (κ3) is 3.50. The molecule has 1 heterocycles. The second-order valence-corrected chi connectivity index (χ2v) is 6.00. The molecule has 6 heteroatoms. The fraction of sp³-hybridized carbons (Fsp3) is 0.667. The Morgan fingerprint density at radius 1 is 1.38 bits per heavy atom. The van der Waals surface area contributed by atoms with Gasteiger partial charge in [0.25, 0.3) is 11.5 Å². The minimum Gasteiger partial charge on any atom is -0.391 e. The molecule has 0 radical (unpaired) electrons. The second-order valence-electron chi connectivity index (χ2n) is 6.00. The number of aryl methyl sites for hydroxylation is 1. The van der Waals surface area contributed by atoms with Crippen LogP contribution in [0.3, 0.4) is 0 Å². The summed E-state index contributed by atoms with van der Waals surface area (Å²) in [5, 5.41) is 12.7. The topological polar surface area (TPSA) is 95.1 Å². The van der Waals surface area contributed by atoms with Crippen LogP contribution in [0.4, 0.5) is 0 Å². The van der Waals surface area contributed by atoms with E-state index >= 15 is 0 Å². The molecule has 1 aromatic heterocycles. The van der Waals surface area contributed by atoms with E-state index in [0.717, 1.165) is 19.3 Å². The van der Waals surface area contributed by atoms with E-state index in [2.05, 4.69) is 15.3 Å². The first-order valence-corrected chi connectivity index (χ1v) is 7.50. The van der Waals surface area contributed by atoms with Crippen molar-refractivity contribution in [3.05, 3.63) is 27.4 Å². The first-order valence-electron chi connectivity index (χ1n) is 7.50. The van der Waals surface area contributed by atoms with Crippen LogP contribution in [-0.4, -0.2) is 33.1 Å². The van der Waals surface area contributed by atoms with Crippen molar-refractivity contribution in [3.8, 4) is 0 Å². The maximum absolute atomic E-state index is 12.3. The van der Waals surface area contributed by atoms with E-state index in [4.69, 9.17) is 0 Å². The lowest BCUT2D eigenvalue weighted by Gasteiger charge is -2.28. The summed E-state index contributed by atoms with van der Waals surface area (Å²) >= 11 is 0. The van der Waals surface area contributed by atoms with Gasteiger partial charge in [0.1, 0.15) is 11.4 Å². The number of nitrogens with one attached hydrogen (secondary N) is 2. The fourth-order valence-corrected chi connectivity index (χ4v) is 2.67. The Balaban J connectivity index is 2.21. The van der Waals surface area contributed by atoms with E-state index in [9.17, 15) is 14.7 Å². The van der Waals surface area contributed by atoms with Crippen molar-refractivity contribution >= 4 is 5.91 Å². The van der Waals surface area contributed by atoms with Gasteiger partial charge >= 0.3 is 0 Å². The van der Waals surface area contributed by atoms with Crippen LogP contribution in [0.15, 0.2) is 4.79 Å². The standard InChI is InChI=1S/C15H23N3O3/c1-8(2)13-16-9(3)12(15(21)18-13)14(20)17-10-6-4-5-7-11(10)19/h8,10-11,19H,4-7H2,1-3H3,(H,17,20)(H,16,18,21). The number of aliphatic hydroxyl groups is 1. The number of carbonyl (C=O) groups is 1. The molecule has 0 spiro atoms. The van der Waals surface area contributed by atoms with Crippen LogP contribution in [0.1, 0.15) is 67.3 Å². The predicted octanol–water partition coefficient (Wildman–Crippen LogP) is 1.24. The number of hydrogen-bond acceptors (Lipinski definition) is 4. The Bertz CT molecular complexity index is 580. The monoisotopic (exact) mass is 293 g/mol. The van der Waals surface area contributed by atoms with Gasteiger partial charge in [-0.05, 0) is 19.8 Å². The molecule has 1 aromatic rings. The quantitative estimate of drug-likeness (QED) is 0.781. The van der Waals surface area contributed by atoms with Gasteiger partial charge in [0.2, 0.25) is 0 Å². The van der Waals surface area contributed by atoms with Gasteiger partial charge in [0, 0.05) is 5.92 Å². The largest absolute Gasteiger partial charge is 0.391 e. The molecule has 21 heavy (non-hydrogen) atoms. The van der Waals surface area contributed by atoms with E-state index in [1.54, 1.807) is 6.92 Å². The molecule has 2 rings (SSSR count). The Morgan fingerprint density at radius 3 is 2.62 bits per heavy atom. The summed E-state index contributed by atoms with van der Waals surface area (Å²) in [6.45, 7) is 5.51. The Hall–Kier alpha value is -1.69. The average Bonchev–Trinajstić information content (AvgIpc) is 2.40. The molecule has 1 aliphatic carbocycles. The highest BCUT2D eigenvalue weighted by molar-refractivity contribution is 5.95. The highest BCUT2D eigenvalue weighted by Crippen LogP contribution is 2.18. The maximum Gasteiger partial charge on any atom is 0.264 e. The zero-order chi connectivity index (χ0) is 15.6. The smallest absolute Gasteiger partial charge is 0.264 e. The Kier molecular flexibility index (Phi) is 4.77. The van der Waals surface area contributed by atoms with Gasteiger partial charge in [-0.2, -0.15) is 0 Å². The molecule has 0 bridgehead atoms. The van der Waals surface area contributed by atoms with Gasteiger partial charge in [-0.3, -0.25) is 9.59 Å². The molecular formula is C15H23N3O3. The lowest BCUT2D eigenvalue weighted by atomic mass is 9.92. The first kappa shape index (κ1) is 15.7. The summed E-state index contributed by atoms with van der Waals surface area (Å²) in [6, 6.07) is -0.283. The number of H-pyrrole nitrogens is 1. The van der Waals surface area contributed by atoms with Gasteiger partial charge in [0.05, 0.1) is 17.8 Å². The number of aromatic nitrogens is 2. The molecule has 0 saturated heterocycles. The van der Waals surface area contributed by atoms with Gasteiger partial charge in [-0.15, -0.1) is 0 Å². The number of rotatable bonds is 3. The van der Waals surface area contributed by atoms with E-state index in [1.807, 2.05) is 13.8 Å². The number of amides is 1. The molecule has 3 N–H and O–H groups in total. The van der Waals surface area contributed by atoms with Crippen molar-refractivity contribution in [2.45, 2.75) is 64.5 Å². The molecule has 0 aliphatic heterocycles. The molecule has 2 unspecified atom stereocenters. The molecule has 1 amide bonds. The number of aliphatic hydroxyl groups excluding tert-OH is 1. The molecule has 116 valence electrons. The summed E-state index contributed by atoms with van der Waals surface area (Å²) in [5.74, 6) is 0.211. The Labute approximate surface area is 124 Å². The van der Waals surface area contributed by atoms with E-state index in [0.29, 0.717) is 17.9 Å². The molecule has 1 aliphatic rings. The molecule has 6 nitrogen and oxygen atoms in total. The predicted molar refractivity (Wildman–Crippen MR) is 79.4 cm³/mol. The fourth-order valence-electron chi connectivity index (χ4n) is 2.67. The van der Waals surface area contributed by atoms with Crippen LogP contribution in [0, 0.1) is 6.92 Å². The van der Waals surface area contributed by atoms with Crippen molar-refractivity contribution in [1.29, 1.82) is 0 Å².